The Bertz CT molecular complexity index is 725. The van der Waals surface area contributed by atoms with Gasteiger partial charge in [0, 0.05) is 12.8 Å². The summed E-state index contributed by atoms with van der Waals surface area (Å²) in [6, 6.07) is 18.7. The van der Waals surface area contributed by atoms with Crippen molar-refractivity contribution in [3.8, 4) is 0 Å². The molecule has 0 heterocycles. The molecule has 0 spiro atoms. The number of esters is 1. The topological polar surface area (TPSA) is 80.7 Å². The molecule has 0 amide bonds. The highest BCUT2D eigenvalue weighted by Crippen LogP contribution is 2.17. The number of Topliss-reactive ketones (excluding diaryl/α,β-unsaturated/α-hetero) is 1. The SMILES string of the molecule is O=C(O)CCC(=O)CC(Cc1ccccc1)C(=O)OCc1ccccc1. The van der Waals surface area contributed by atoms with E-state index in [1.54, 1.807) is 0 Å². The van der Waals surface area contributed by atoms with Crippen molar-refractivity contribution in [2.45, 2.75) is 32.3 Å². The Morgan fingerprint density at radius 2 is 1.42 bits per heavy atom. The van der Waals surface area contributed by atoms with Crippen LogP contribution >= 0.6 is 0 Å². The Kier molecular flexibility index (Phi) is 7.55. The highest BCUT2D eigenvalue weighted by Gasteiger charge is 2.24. The van der Waals surface area contributed by atoms with E-state index in [-0.39, 0.29) is 31.7 Å². The molecule has 0 aliphatic heterocycles. The molecule has 0 saturated carbocycles. The molecule has 2 aromatic carbocycles. The second kappa shape index (κ2) is 10.1. The van der Waals surface area contributed by atoms with Gasteiger partial charge in [0.05, 0.1) is 12.3 Å². The van der Waals surface area contributed by atoms with Crippen molar-refractivity contribution in [1.82, 2.24) is 0 Å². The Morgan fingerprint density at radius 1 is 0.846 bits per heavy atom. The van der Waals surface area contributed by atoms with Crippen LogP contribution in [0.15, 0.2) is 60.7 Å². The average molecular weight is 354 g/mol. The first-order chi connectivity index (χ1) is 12.5. The molecule has 0 bridgehead atoms. The zero-order valence-corrected chi connectivity index (χ0v) is 14.5. The van der Waals surface area contributed by atoms with Crippen LogP contribution in [-0.2, 0) is 32.1 Å². The van der Waals surface area contributed by atoms with Gasteiger partial charge < -0.3 is 9.84 Å². The summed E-state index contributed by atoms with van der Waals surface area (Å²) in [7, 11) is 0. The molecule has 2 aromatic rings. The second-order valence-corrected chi connectivity index (χ2v) is 6.12. The van der Waals surface area contributed by atoms with Crippen LogP contribution in [-0.4, -0.2) is 22.8 Å². The summed E-state index contributed by atoms with van der Waals surface area (Å²) in [6.45, 7) is 0.147. The molecule has 26 heavy (non-hydrogen) atoms. The van der Waals surface area contributed by atoms with Gasteiger partial charge >= 0.3 is 11.9 Å². The van der Waals surface area contributed by atoms with Crippen LogP contribution in [0.5, 0.6) is 0 Å². The largest absolute Gasteiger partial charge is 0.481 e. The normalized spacial score (nSPS) is 11.5. The quantitative estimate of drug-likeness (QED) is 0.661. The van der Waals surface area contributed by atoms with Gasteiger partial charge in [-0.2, -0.15) is 0 Å². The average Bonchev–Trinajstić information content (AvgIpc) is 2.65. The molecule has 136 valence electrons. The van der Waals surface area contributed by atoms with Gasteiger partial charge in [-0.1, -0.05) is 60.7 Å². The highest BCUT2D eigenvalue weighted by molar-refractivity contribution is 5.86. The number of carboxylic acids is 1. The third kappa shape index (κ3) is 6.89. The van der Waals surface area contributed by atoms with Crippen LogP contribution in [0.3, 0.4) is 0 Å². The molecular formula is C21H22O5. The van der Waals surface area contributed by atoms with Gasteiger partial charge in [0.15, 0.2) is 0 Å². The molecule has 5 nitrogen and oxygen atoms in total. The van der Waals surface area contributed by atoms with Crippen molar-refractivity contribution in [3.63, 3.8) is 0 Å². The molecule has 1 unspecified atom stereocenters. The molecule has 2 rings (SSSR count). The fourth-order valence-corrected chi connectivity index (χ4v) is 2.61. The lowest BCUT2D eigenvalue weighted by Gasteiger charge is -2.16. The zero-order valence-electron chi connectivity index (χ0n) is 14.5. The van der Waals surface area contributed by atoms with Gasteiger partial charge in [-0.15, -0.1) is 0 Å². The number of aliphatic carboxylic acids is 1. The van der Waals surface area contributed by atoms with Crippen molar-refractivity contribution >= 4 is 17.7 Å². The van der Waals surface area contributed by atoms with Gasteiger partial charge in [0.1, 0.15) is 12.4 Å². The Morgan fingerprint density at radius 3 is 2.00 bits per heavy atom. The van der Waals surface area contributed by atoms with Gasteiger partial charge in [-0.25, -0.2) is 0 Å². The molecule has 0 aromatic heterocycles. The summed E-state index contributed by atoms with van der Waals surface area (Å²) >= 11 is 0. The van der Waals surface area contributed by atoms with E-state index in [1.807, 2.05) is 60.7 Å². The molecule has 0 aliphatic carbocycles. The van der Waals surface area contributed by atoms with E-state index in [4.69, 9.17) is 9.84 Å². The van der Waals surface area contributed by atoms with Crippen LogP contribution in [0.25, 0.3) is 0 Å². The number of carbonyl (C=O) groups excluding carboxylic acids is 2. The molecule has 1 atom stereocenters. The maximum absolute atomic E-state index is 12.5. The Hall–Kier alpha value is -2.95. The van der Waals surface area contributed by atoms with E-state index in [2.05, 4.69) is 0 Å². The lowest BCUT2D eigenvalue weighted by molar-refractivity contribution is -0.151. The fourth-order valence-electron chi connectivity index (χ4n) is 2.61. The lowest BCUT2D eigenvalue weighted by Crippen LogP contribution is -2.23. The van der Waals surface area contributed by atoms with E-state index >= 15 is 0 Å². The highest BCUT2D eigenvalue weighted by atomic mass is 16.5. The summed E-state index contributed by atoms with van der Waals surface area (Å²) in [4.78, 5) is 35.2. The maximum Gasteiger partial charge on any atom is 0.310 e. The van der Waals surface area contributed by atoms with Crippen LogP contribution in [0.4, 0.5) is 0 Å². The van der Waals surface area contributed by atoms with E-state index in [9.17, 15) is 14.4 Å². The minimum Gasteiger partial charge on any atom is -0.481 e. The van der Waals surface area contributed by atoms with Crippen molar-refractivity contribution in [2.24, 2.45) is 5.92 Å². The number of hydrogen-bond donors (Lipinski definition) is 1. The van der Waals surface area contributed by atoms with Gasteiger partial charge in [-0.3, -0.25) is 14.4 Å². The predicted molar refractivity (Wildman–Crippen MR) is 96.4 cm³/mol. The minimum atomic E-state index is -1.02. The number of ketones is 1. The molecule has 0 saturated heterocycles. The Labute approximate surface area is 152 Å². The summed E-state index contributed by atoms with van der Waals surface area (Å²) in [5.74, 6) is -2.33. The number of benzene rings is 2. The smallest absolute Gasteiger partial charge is 0.310 e. The van der Waals surface area contributed by atoms with Gasteiger partial charge in [-0.05, 0) is 17.5 Å². The maximum atomic E-state index is 12.5. The standard InChI is InChI=1S/C21H22O5/c22-19(11-12-20(23)24)14-18(13-16-7-3-1-4-8-16)21(25)26-15-17-9-5-2-6-10-17/h1-10,18H,11-15H2,(H,23,24). The number of carboxylic acid groups (broad SMARTS) is 1. The Balaban J connectivity index is 1.99. The number of rotatable bonds is 10. The van der Waals surface area contributed by atoms with E-state index in [0.29, 0.717) is 6.42 Å². The van der Waals surface area contributed by atoms with E-state index < -0.39 is 17.9 Å². The molecular weight excluding hydrogens is 332 g/mol. The lowest BCUT2D eigenvalue weighted by atomic mass is 9.93. The van der Waals surface area contributed by atoms with Crippen molar-refractivity contribution < 1.29 is 24.2 Å². The van der Waals surface area contributed by atoms with Crippen LogP contribution in [0.2, 0.25) is 0 Å². The summed E-state index contributed by atoms with van der Waals surface area (Å²) in [6.07, 6.45) is 0.0611. The number of carbonyl (C=O) groups is 3. The molecule has 0 radical (unpaired) electrons. The fraction of sp³-hybridized carbons (Fsp3) is 0.286. The van der Waals surface area contributed by atoms with E-state index in [1.165, 1.54) is 0 Å². The first kappa shape index (κ1) is 19.4. The summed E-state index contributed by atoms with van der Waals surface area (Å²) in [5, 5.41) is 8.71. The van der Waals surface area contributed by atoms with E-state index in [0.717, 1.165) is 11.1 Å². The van der Waals surface area contributed by atoms with Crippen molar-refractivity contribution in [1.29, 1.82) is 0 Å². The third-order valence-electron chi connectivity index (χ3n) is 3.97. The van der Waals surface area contributed by atoms with Crippen LogP contribution < -0.4 is 0 Å². The van der Waals surface area contributed by atoms with Crippen molar-refractivity contribution in [3.05, 3.63) is 71.8 Å². The molecule has 0 fully saturated rings. The zero-order chi connectivity index (χ0) is 18.8. The molecule has 5 heteroatoms. The second-order valence-electron chi connectivity index (χ2n) is 6.12. The predicted octanol–water partition coefficient (Wildman–Crippen LogP) is 3.41. The number of hydrogen-bond acceptors (Lipinski definition) is 4. The first-order valence-corrected chi connectivity index (χ1v) is 8.52. The third-order valence-corrected chi connectivity index (χ3v) is 3.97. The van der Waals surface area contributed by atoms with Crippen LogP contribution in [0.1, 0.15) is 30.4 Å². The molecule has 0 aliphatic rings. The van der Waals surface area contributed by atoms with Gasteiger partial charge in [0.2, 0.25) is 0 Å². The minimum absolute atomic E-state index is 0.0181. The number of ether oxygens (including phenoxy) is 1. The monoisotopic (exact) mass is 354 g/mol. The van der Waals surface area contributed by atoms with Crippen molar-refractivity contribution in [2.75, 3.05) is 0 Å². The first-order valence-electron chi connectivity index (χ1n) is 8.52. The molecule has 1 N–H and O–H groups in total. The summed E-state index contributed by atoms with van der Waals surface area (Å²) < 4.78 is 5.38. The van der Waals surface area contributed by atoms with Gasteiger partial charge in [0.25, 0.3) is 0 Å². The summed E-state index contributed by atoms with van der Waals surface area (Å²) in [5.41, 5.74) is 1.80. The van der Waals surface area contributed by atoms with Crippen LogP contribution in [0, 0.1) is 5.92 Å².